The Labute approximate surface area is 177 Å². The number of likely N-dealkylation sites (N-methyl/N-ethyl adjacent to an activating group) is 1. The number of amides is 2. The summed E-state index contributed by atoms with van der Waals surface area (Å²) >= 11 is 0. The standard InChI is InChI=1S/C22H22F4N2O3/c1-4-31-18-10-13(8-9-15(18)22(24,25)26)14-11-28(3)21(30)19(14)20(29)27-17-7-5-6-16(23)12(17)2/h5-10,14,19H,4,11H2,1-3H3,(H,27,29)/t14-,19+/m0/s1. The minimum atomic E-state index is -4.60. The number of nitrogens with one attached hydrogen (secondary N) is 1. The molecule has 9 heteroatoms. The second-order valence-corrected chi connectivity index (χ2v) is 7.39. The summed E-state index contributed by atoms with van der Waals surface area (Å²) in [5.41, 5.74) is -0.0923. The molecular formula is C22H22F4N2O3. The third-order valence-corrected chi connectivity index (χ3v) is 5.36. The normalized spacial score (nSPS) is 18.9. The van der Waals surface area contributed by atoms with Crippen LogP contribution < -0.4 is 10.1 Å². The highest BCUT2D eigenvalue weighted by Crippen LogP contribution is 2.41. The van der Waals surface area contributed by atoms with Crippen molar-refractivity contribution in [2.24, 2.45) is 5.92 Å². The Morgan fingerprint density at radius 2 is 1.97 bits per heavy atom. The quantitative estimate of drug-likeness (QED) is 0.558. The van der Waals surface area contributed by atoms with Crippen LogP contribution in [-0.2, 0) is 15.8 Å². The SMILES string of the molecule is CCOc1cc([C@@H]2CN(C)C(=O)[C@H]2C(=O)Nc2cccc(F)c2C)ccc1C(F)(F)F. The third kappa shape index (κ3) is 4.50. The van der Waals surface area contributed by atoms with E-state index in [0.717, 1.165) is 6.07 Å². The molecule has 2 atom stereocenters. The molecular weight excluding hydrogens is 416 g/mol. The number of halogens is 4. The van der Waals surface area contributed by atoms with Crippen molar-refractivity contribution in [2.75, 3.05) is 25.5 Å². The van der Waals surface area contributed by atoms with Gasteiger partial charge in [0, 0.05) is 30.8 Å². The number of ether oxygens (including phenoxy) is 1. The number of likely N-dealkylation sites (tertiary alicyclic amines) is 1. The van der Waals surface area contributed by atoms with Crippen molar-refractivity contribution in [3.8, 4) is 5.75 Å². The number of carbonyl (C=O) groups is 2. The molecule has 1 fully saturated rings. The fraction of sp³-hybridized carbons (Fsp3) is 0.364. The molecule has 0 saturated carbocycles. The summed E-state index contributed by atoms with van der Waals surface area (Å²) in [4.78, 5) is 27.0. The van der Waals surface area contributed by atoms with Crippen LogP contribution in [0.3, 0.4) is 0 Å². The van der Waals surface area contributed by atoms with Gasteiger partial charge in [0.15, 0.2) is 0 Å². The Bertz CT molecular complexity index is 1010. The highest BCUT2D eigenvalue weighted by molar-refractivity contribution is 6.08. The van der Waals surface area contributed by atoms with E-state index in [9.17, 15) is 27.2 Å². The monoisotopic (exact) mass is 438 g/mol. The molecule has 1 aliphatic rings. The minimum absolute atomic E-state index is 0.0266. The summed E-state index contributed by atoms with van der Waals surface area (Å²) < 4.78 is 58.8. The molecule has 3 rings (SSSR count). The van der Waals surface area contributed by atoms with Crippen LogP contribution in [0.2, 0.25) is 0 Å². The van der Waals surface area contributed by atoms with E-state index in [0.29, 0.717) is 5.56 Å². The van der Waals surface area contributed by atoms with Crippen molar-refractivity contribution in [3.63, 3.8) is 0 Å². The predicted octanol–water partition coefficient (Wildman–Crippen LogP) is 4.36. The van der Waals surface area contributed by atoms with Crippen LogP contribution in [0.5, 0.6) is 5.75 Å². The van der Waals surface area contributed by atoms with E-state index >= 15 is 0 Å². The van der Waals surface area contributed by atoms with Gasteiger partial charge in [0.05, 0.1) is 12.2 Å². The molecule has 0 unspecified atom stereocenters. The number of hydrogen-bond acceptors (Lipinski definition) is 3. The number of anilines is 1. The Morgan fingerprint density at radius 1 is 1.26 bits per heavy atom. The van der Waals surface area contributed by atoms with Gasteiger partial charge in [0.2, 0.25) is 11.8 Å². The molecule has 0 bridgehead atoms. The van der Waals surface area contributed by atoms with Gasteiger partial charge in [-0.3, -0.25) is 9.59 Å². The number of hydrogen-bond donors (Lipinski definition) is 1. The summed E-state index contributed by atoms with van der Waals surface area (Å²) in [6.07, 6.45) is -4.60. The summed E-state index contributed by atoms with van der Waals surface area (Å²) in [5, 5.41) is 2.58. The van der Waals surface area contributed by atoms with Crippen LogP contribution in [0.1, 0.15) is 29.5 Å². The molecule has 31 heavy (non-hydrogen) atoms. The van der Waals surface area contributed by atoms with Gasteiger partial charge >= 0.3 is 6.18 Å². The van der Waals surface area contributed by atoms with Gasteiger partial charge in [-0.05, 0) is 43.7 Å². The fourth-order valence-corrected chi connectivity index (χ4v) is 3.72. The fourth-order valence-electron chi connectivity index (χ4n) is 3.72. The lowest BCUT2D eigenvalue weighted by atomic mass is 9.87. The van der Waals surface area contributed by atoms with Gasteiger partial charge in [-0.1, -0.05) is 12.1 Å². The highest BCUT2D eigenvalue weighted by Gasteiger charge is 2.45. The smallest absolute Gasteiger partial charge is 0.419 e. The lowest BCUT2D eigenvalue weighted by molar-refractivity contribution is -0.139. The van der Waals surface area contributed by atoms with Crippen molar-refractivity contribution in [2.45, 2.75) is 25.9 Å². The van der Waals surface area contributed by atoms with Gasteiger partial charge in [0.1, 0.15) is 17.5 Å². The zero-order valence-electron chi connectivity index (χ0n) is 17.2. The van der Waals surface area contributed by atoms with E-state index in [1.165, 1.54) is 49.2 Å². The van der Waals surface area contributed by atoms with Crippen LogP contribution >= 0.6 is 0 Å². The van der Waals surface area contributed by atoms with Crippen LogP contribution in [0.15, 0.2) is 36.4 Å². The van der Waals surface area contributed by atoms with E-state index in [2.05, 4.69) is 5.32 Å². The van der Waals surface area contributed by atoms with E-state index in [1.54, 1.807) is 6.92 Å². The van der Waals surface area contributed by atoms with E-state index in [4.69, 9.17) is 4.74 Å². The summed E-state index contributed by atoms with van der Waals surface area (Å²) in [6.45, 7) is 3.24. The number of carbonyl (C=O) groups excluding carboxylic acids is 2. The second-order valence-electron chi connectivity index (χ2n) is 7.39. The topological polar surface area (TPSA) is 58.6 Å². The molecule has 2 aromatic carbocycles. The van der Waals surface area contributed by atoms with Crippen molar-refractivity contribution in [1.82, 2.24) is 4.90 Å². The molecule has 2 aromatic rings. The number of nitrogens with zero attached hydrogens (tertiary/aromatic N) is 1. The molecule has 5 nitrogen and oxygen atoms in total. The number of rotatable bonds is 5. The Hall–Kier alpha value is -3.10. The average molecular weight is 438 g/mol. The first-order valence-electron chi connectivity index (χ1n) is 9.69. The van der Waals surface area contributed by atoms with Gasteiger partial charge in [-0.15, -0.1) is 0 Å². The third-order valence-electron chi connectivity index (χ3n) is 5.36. The Morgan fingerprint density at radius 3 is 2.61 bits per heavy atom. The van der Waals surface area contributed by atoms with Gasteiger partial charge < -0.3 is 15.0 Å². The zero-order chi connectivity index (χ0) is 22.9. The average Bonchev–Trinajstić information content (AvgIpc) is 2.99. The molecule has 0 aliphatic carbocycles. The molecule has 1 heterocycles. The Balaban J connectivity index is 1.96. The van der Waals surface area contributed by atoms with Crippen molar-refractivity contribution in [3.05, 3.63) is 58.9 Å². The summed E-state index contributed by atoms with van der Waals surface area (Å²) in [6, 6.07) is 7.59. The number of benzene rings is 2. The first-order valence-corrected chi connectivity index (χ1v) is 9.69. The van der Waals surface area contributed by atoms with E-state index in [-0.39, 0.29) is 30.2 Å². The second kappa shape index (κ2) is 8.56. The van der Waals surface area contributed by atoms with Gasteiger partial charge in [0.25, 0.3) is 0 Å². The molecule has 0 spiro atoms. The molecule has 0 aromatic heterocycles. The minimum Gasteiger partial charge on any atom is -0.493 e. The van der Waals surface area contributed by atoms with Crippen LogP contribution in [0, 0.1) is 18.7 Å². The molecule has 166 valence electrons. The maximum Gasteiger partial charge on any atom is 0.419 e. The highest BCUT2D eigenvalue weighted by atomic mass is 19.4. The first-order chi connectivity index (χ1) is 14.5. The van der Waals surface area contributed by atoms with E-state index in [1.807, 2.05) is 0 Å². The summed E-state index contributed by atoms with van der Waals surface area (Å²) in [7, 11) is 1.52. The Kier molecular flexibility index (Phi) is 6.24. The van der Waals surface area contributed by atoms with E-state index < -0.39 is 41.2 Å². The maximum absolute atomic E-state index is 13.8. The zero-order valence-corrected chi connectivity index (χ0v) is 17.2. The van der Waals surface area contributed by atoms with Crippen LogP contribution in [-0.4, -0.2) is 36.9 Å². The van der Waals surface area contributed by atoms with Gasteiger partial charge in [-0.2, -0.15) is 13.2 Å². The van der Waals surface area contributed by atoms with Crippen molar-refractivity contribution in [1.29, 1.82) is 0 Å². The molecule has 1 saturated heterocycles. The van der Waals surface area contributed by atoms with Crippen LogP contribution in [0.4, 0.5) is 23.2 Å². The maximum atomic E-state index is 13.8. The van der Waals surface area contributed by atoms with Crippen molar-refractivity contribution < 1.29 is 31.9 Å². The lowest BCUT2D eigenvalue weighted by Gasteiger charge is -2.20. The summed E-state index contributed by atoms with van der Waals surface area (Å²) in [5.74, 6) is -3.82. The largest absolute Gasteiger partial charge is 0.493 e. The lowest BCUT2D eigenvalue weighted by Crippen LogP contribution is -2.33. The predicted molar refractivity (Wildman–Crippen MR) is 106 cm³/mol. The molecule has 1 N–H and O–H groups in total. The molecule has 0 radical (unpaired) electrons. The van der Waals surface area contributed by atoms with Gasteiger partial charge in [-0.25, -0.2) is 4.39 Å². The first kappa shape index (κ1) is 22.6. The van der Waals surface area contributed by atoms with Crippen LogP contribution in [0.25, 0.3) is 0 Å². The number of alkyl halides is 3. The molecule has 1 aliphatic heterocycles. The van der Waals surface area contributed by atoms with Crippen molar-refractivity contribution >= 4 is 17.5 Å². The molecule has 2 amide bonds.